The van der Waals surface area contributed by atoms with Gasteiger partial charge in [0.15, 0.2) is 0 Å². The highest BCUT2D eigenvalue weighted by atomic mass is 16.5. The Hall–Kier alpha value is -1.74. The lowest BCUT2D eigenvalue weighted by atomic mass is 9.96. The SMILES string of the molecule is CNC(c1coc(C)c1)c1cc(C)c(OC)c(C)c1. The van der Waals surface area contributed by atoms with Gasteiger partial charge < -0.3 is 14.5 Å². The summed E-state index contributed by atoms with van der Waals surface area (Å²) in [5, 5.41) is 3.34. The summed E-state index contributed by atoms with van der Waals surface area (Å²) in [7, 11) is 3.67. The summed E-state index contributed by atoms with van der Waals surface area (Å²) in [6, 6.07) is 6.53. The first kappa shape index (κ1) is 13.7. The third kappa shape index (κ3) is 2.66. The number of methoxy groups -OCH3 is 1. The van der Waals surface area contributed by atoms with Gasteiger partial charge in [0.05, 0.1) is 19.4 Å². The molecule has 3 nitrogen and oxygen atoms in total. The maximum Gasteiger partial charge on any atom is 0.124 e. The first-order valence-electron chi connectivity index (χ1n) is 6.44. The van der Waals surface area contributed by atoms with E-state index in [1.807, 2.05) is 20.2 Å². The van der Waals surface area contributed by atoms with Gasteiger partial charge in [-0.2, -0.15) is 0 Å². The fourth-order valence-corrected chi connectivity index (χ4v) is 2.61. The van der Waals surface area contributed by atoms with Crippen LogP contribution in [0.1, 0.15) is 34.1 Å². The smallest absolute Gasteiger partial charge is 0.124 e. The molecule has 3 heteroatoms. The van der Waals surface area contributed by atoms with Crippen LogP contribution < -0.4 is 10.1 Å². The first-order chi connectivity index (χ1) is 9.06. The fourth-order valence-electron chi connectivity index (χ4n) is 2.61. The molecular weight excluding hydrogens is 238 g/mol. The van der Waals surface area contributed by atoms with E-state index in [2.05, 4.69) is 37.4 Å². The largest absolute Gasteiger partial charge is 0.496 e. The van der Waals surface area contributed by atoms with Gasteiger partial charge in [0.25, 0.3) is 0 Å². The Bertz CT molecular complexity index is 549. The van der Waals surface area contributed by atoms with E-state index in [-0.39, 0.29) is 6.04 Å². The number of furan rings is 1. The van der Waals surface area contributed by atoms with Crippen molar-refractivity contribution in [2.75, 3.05) is 14.2 Å². The lowest BCUT2D eigenvalue weighted by Crippen LogP contribution is -2.17. The second-order valence-corrected chi connectivity index (χ2v) is 4.90. The Morgan fingerprint density at radius 2 is 1.68 bits per heavy atom. The number of ether oxygens (including phenoxy) is 1. The van der Waals surface area contributed by atoms with Crippen molar-refractivity contribution in [3.05, 3.63) is 52.5 Å². The highest BCUT2D eigenvalue weighted by Gasteiger charge is 2.16. The van der Waals surface area contributed by atoms with Crippen molar-refractivity contribution in [1.82, 2.24) is 5.32 Å². The molecule has 1 atom stereocenters. The van der Waals surface area contributed by atoms with E-state index in [0.717, 1.165) is 28.2 Å². The molecule has 1 aromatic heterocycles. The van der Waals surface area contributed by atoms with Crippen LogP contribution in [0.2, 0.25) is 0 Å². The number of nitrogens with one attached hydrogen (secondary N) is 1. The molecule has 0 bridgehead atoms. The zero-order valence-corrected chi connectivity index (χ0v) is 12.2. The molecule has 1 heterocycles. The van der Waals surface area contributed by atoms with Gasteiger partial charge in [0.2, 0.25) is 0 Å². The molecule has 0 radical (unpaired) electrons. The van der Waals surface area contributed by atoms with Gasteiger partial charge in [0.1, 0.15) is 11.5 Å². The van der Waals surface area contributed by atoms with Crippen molar-refractivity contribution in [3.8, 4) is 5.75 Å². The topological polar surface area (TPSA) is 34.4 Å². The van der Waals surface area contributed by atoms with Gasteiger partial charge in [0, 0.05) is 5.56 Å². The molecule has 102 valence electrons. The van der Waals surface area contributed by atoms with Crippen LogP contribution >= 0.6 is 0 Å². The van der Waals surface area contributed by atoms with Gasteiger partial charge in [-0.25, -0.2) is 0 Å². The van der Waals surface area contributed by atoms with Crippen LogP contribution in [0.5, 0.6) is 5.75 Å². The fraction of sp³-hybridized carbons (Fsp3) is 0.375. The molecule has 1 aromatic carbocycles. The van der Waals surface area contributed by atoms with Crippen LogP contribution in [0.25, 0.3) is 0 Å². The standard InChI is InChI=1S/C16H21NO2/c1-10-6-13(7-11(2)16(10)18-5)15(17-4)14-8-12(3)19-9-14/h6-9,15,17H,1-5H3. The van der Waals surface area contributed by atoms with E-state index in [1.54, 1.807) is 7.11 Å². The third-order valence-electron chi connectivity index (χ3n) is 3.39. The van der Waals surface area contributed by atoms with E-state index < -0.39 is 0 Å². The van der Waals surface area contributed by atoms with Crippen LogP contribution in [-0.4, -0.2) is 14.2 Å². The second-order valence-electron chi connectivity index (χ2n) is 4.90. The number of aryl methyl sites for hydroxylation is 3. The molecule has 0 aliphatic carbocycles. The minimum absolute atomic E-state index is 0.140. The van der Waals surface area contributed by atoms with Gasteiger partial charge in [-0.15, -0.1) is 0 Å². The molecule has 2 aromatic rings. The van der Waals surface area contributed by atoms with Gasteiger partial charge in [-0.1, -0.05) is 12.1 Å². The Morgan fingerprint density at radius 1 is 1.05 bits per heavy atom. The number of hydrogen-bond donors (Lipinski definition) is 1. The Balaban J connectivity index is 2.44. The number of rotatable bonds is 4. The highest BCUT2D eigenvalue weighted by Crippen LogP contribution is 2.30. The lowest BCUT2D eigenvalue weighted by Gasteiger charge is -2.18. The van der Waals surface area contributed by atoms with Crippen LogP contribution in [0.4, 0.5) is 0 Å². The van der Waals surface area contributed by atoms with Gasteiger partial charge >= 0.3 is 0 Å². The molecular formula is C16H21NO2. The van der Waals surface area contributed by atoms with Crippen molar-refractivity contribution in [1.29, 1.82) is 0 Å². The highest BCUT2D eigenvalue weighted by molar-refractivity contribution is 5.46. The molecule has 2 rings (SSSR count). The van der Waals surface area contributed by atoms with Crippen LogP contribution in [-0.2, 0) is 0 Å². The van der Waals surface area contributed by atoms with Crippen molar-refractivity contribution >= 4 is 0 Å². The summed E-state index contributed by atoms with van der Waals surface area (Å²) < 4.78 is 10.8. The van der Waals surface area contributed by atoms with E-state index in [1.165, 1.54) is 5.56 Å². The predicted octanol–water partition coefficient (Wildman–Crippen LogP) is 3.52. The van der Waals surface area contributed by atoms with Gasteiger partial charge in [-0.3, -0.25) is 0 Å². The van der Waals surface area contributed by atoms with E-state index >= 15 is 0 Å². The molecule has 0 saturated heterocycles. The number of hydrogen-bond acceptors (Lipinski definition) is 3. The molecule has 1 unspecified atom stereocenters. The van der Waals surface area contributed by atoms with E-state index in [4.69, 9.17) is 9.15 Å². The average Bonchev–Trinajstić information content (AvgIpc) is 2.76. The average molecular weight is 259 g/mol. The molecule has 19 heavy (non-hydrogen) atoms. The summed E-state index contributed by atoms with van der Waals surface area (Å²) in [4.78, 5) is 0. The predicted molar refractivity (Wildman–Crippen MR) is 76.8 cm³/mol. The maximum absolute atomic E-state index is 5.42. The van der Waals surface area contributed by atoms with E-state index in [9.17, 15) is 0 Å². The Morgan fingerprint density at radius 3 is 2.11 bits per heavy atom. The monoisotopic (exact) mass is 259 g/mol. The quantitative estimate of drug-likeness (QED) is 0.912. The van der Waals surface area contributed by atoms with Crippen molar-refractivity contribution in [3.63, 3.8) is 0 Å². The third-order valence-corrected chi connectivity index (χ3v) is 3.39. The van der Waals surface area contributed by atoms with Crippen LogP contribution in [0.15, 0.2) is 28.9 Å². The van der Waals surface area contributed by atoms with Gasteiger partial charge in [-0.05, 0) is 50.6 Å². The lowest BCUT2D eigenvalue weighted by molar-refractivity contribution is 0.408. The second kappa shape index (κ2) is 5.49. The molecule has 0 amide bonds. The normalized spacial score (nSPS) is 12.5. The molecule has 0 aliphatic rings. The van der Waals surface area contributed by atoms with Crippen LogP contribution in [0, 0.1) is 20.8 Å². The summed E-state index contributed by atoms with van der Waals surface area (Å²) in [5.41, 5.74) is 4.67. The molecule has 0 saturated carbocycles. The van der Waals surface area contributed by atoms with Crippen molar-refractivity contribution in [2.24, 2.45) is 0 Å². The summed E-state index contributed by atoms with van der Waals surface area (Å²) in [5.74, 6) is 1.89. The Kier molecular flexibility index (Phi) is 3.96. The first-order valence-corrected chi connectivity index (χ1v) is 6.44. The maximum atomic E-state index is 5.42. The molecule has 1 N–H and O–H groups in total. The van der Waals surface area contributed by atoms with Crippen molar-refractivity contribution in [2.45, 2.75) is 26.8 Å². The number of benzene rings is 1. The molecule has 0 fully saturated rings. The summed E-state index contributed by atoms with van der Waals surface area (Å²) in [6.07, 6.45) is 1.81. The minimum atomic E-state index is 0.140. The molecule has 0 spiro atoms. The zero-order valence-electron chi connectivity index (χ0n) is 12.2. The Labute approximate surface area is 114 Å². The molecule has 0 aliphatic heterocycles. The summed E-state index contributed by atoms with van der Waals surface area (Å²) in [6.45, 7) is 6.10. The van der Waals surface area contributed by atoms with Crippen LogP contribution in [0.3, 0.4) is 0 Å². The van der Waals surface area contributed by atoms with Crippen molar-refractivity contribution < 1.29 is 9.15 Å². The van der Waals surface area contributed by atoms with E-state index in [0.29, 0.717) is 0 Å². The summed E-state index contributed by atoms with van der Waals surface area (Å²) >= 11 is 0. The zero-order chi connectivity index (χ0) is 14.0. The minimum Gasteiger partial charge on any atom is -0.496 e.